The second kappa shape index (κ2) is 7.50. The normalized spacial score (nSPS) is 17.8. The standard InChI is InChI=1S/C16H20N2O7S/c19-15(12-1-2-13-14(9-12)25-10-24-13)17-5-8-26(22,23)18-6-3-11(4-7-18)16(20)21/h1-2,9,11H,3-8,10H2,(H,17,19)(H,20,21)/p-1. The Bertz CT molecular complexity index is 801. The lowest BCUT2D eigenvalue weighted by Crippen LogP contribution is -2.45. The number of carbonyl (C=O) groups excluding carboxylic acids is 2. The molecule has 2 aliphatic heterocycles. The fourth-order valence-corrected chi connectivity index (χ4v) is 4.32. The molecule has 1 saturated heterocycles. The number of nitrogens with zero attached hydrogens (tertiary/aromatic N) is 1. The van der Waals surface area contributed by atoms with Crippen molar-refractivity contribution in [1.29, 1.82) is 0 Å². The highest BCUT2D eigenvalue weighted by atomic mass is 32.2. The van der Waals surface area contributed by atoms with Gasteiger partial charge in [-0.15, -0.1) is 0 Å². The lowest BCUT2D eigenvalue weighted by Gasteiger charge is -2.31. The van der Waals surface area contributed by atoms with E-state index in [-0.39, 0.29) is 45.0 Å². The molecule has 0 saturated carbocycles. The average molecular weight is 383 g/mol. The van der Waals surface area contributed by atoms with Crippen LogP contribution in [-0.4, -0.2) is 56.8 Å². The Morgan fingerprint density at radius 3 is 2.58 bits per heavy atom. The van der Waals surface area contributed by atoms with Gasteiger partial charge < -0.3 is 24.7 Å². The summed E-state index contributed by atoms with van der Waals surface area (Å²) in [5.41, 5.74) is 0.349. The van der Waals surface area contributed by atoms with Crippen LogP contribution in [0.5, 0.6) is 11.5 Å². The largest absolute Gasteiger partial charge is 0.550 e. The van der Waals surface area contributed by atoms with E-state index in [1.54, 1.807) is 12.1 Å². The number of hydrogen-bond donors (Lipinski definition) is 1. The molecule has 0 radical (unpaired) electrons. The first kappa shape index (κ1) is 18.5. The maximum absolute atomic E-state index is 12.3. The van der Waals surface area contributed by atoms with Crippen molar-refractivity contribution in [1.82, 2.24) is 9.62 Å². The predicted molar refractivity (Wildman–Crippen MR) is 88.0 cm³/mol. The van der Waals surface area contributed by atoms with Gasteiger partial charge in [0.15, 0.2) is 11.5 Å². The maximum Gasteiger partial charge on any atom is 0.251 e. The van der Waals surface area contributed by atoms with Crippen LogP contribution >= 0.6 is 0 Å². The zero-order valence-corrected chi connectivity index (χ0v) is 14.8. The number of piperidine rings is 1. The summed E-state index contributed by atoms with van der Waals surface area (Å²) in [7, 11) is -3.56. The maximum atomic E-state index is 12.3. The quantitative estimate of drug-likeness (QED) is 0.663. The number of hydrogen-bond acceptors (Lipinski definition) is 7. The van der Waals surface area contributed by atoms with E-state index in [1.807, 2.05) is 0 Å². The molecule has 0 aromatic heterocycles. The molecule has 10 heteroatoms. The van der Waals surface area contributed by atoms with Gasteiger partial charge in [0.2, 0.25) is 16.8 Å². The number of sulfonamides is 1. The average Bonchev–Trinajstić information content (AvgIpc) is 3.09. The number of carbonyl (C=O) groups is 2. The number of carboxylic acids is 1. The Balaban J connectivity index is 1.49. The summed E-state index contributed by atoms with van der Waals surface area (Å²) in [5.74, 6) is -1.37. The summed E-state index contributed by atoms with van der Waals surface area (Å²) in [6.07, 6.45) is 0.482. The Morgan fingerprint density at radius 1 is 1.19 bits per heavy atom. The molecule has 0 spiro atoms. The Morgan fingerprint density at radius 2 is 1.88 bits per heavy atom. The van der Waals surface area contributed by atoms with E-state index < -0.39 is 27.8 Å². The number of amides is 1. The van der Waals surface area contributed by atoms with E-state index in [9.17, 15) is 23.1 Å². The lowest BCUT2D eigenvalue weighted by molar-refractivity contribution is -0.312. The van der Waals surface area contributed by atoms with Crippen LogP contribution in [0.15, 0.2) is 18.2 Å². The monoisotopic (exact) mass is 383 g/mol. The number of nitrogens with one attached hydrogen (secondary N) is 1. The minimum Gasteiger partial charge on any atom is -0.550 e. The van der Waals surface area contributed by atoms with Crippen LogP contribution in [0.1, 0.15) is 23.2 Å². The smallest absolute Gasteiger partial charge is 0.251 e. The first-order valence-electron chi connectivity index (χ1n) is 8.23. The second-order valence-corrected chi connectivity index (χ2v) is 8.22. The molecule has 1 aromatic carbocycles. The molecule has 0 atom stereocenters. The fourth-order valence-electron chi connectivity index (χ4n) is 2.93. The van der Waals surface area contributed by atoms with Crippen molar-refractivity contribution in [2.24, 2.45) is 5.92 Å². The molecule has 0 unspecified atom stereocenters. The molecule has 1 amide bonds. The molecule has 2 aliphatic rings. The van der Waals surface area contributed by atoms with Crippen molar-refractivity contribution in [2.75, 3.05) is 32.2 Å². The minimum atomic E-state index is -3.56. The highest BCUT2D eigenvalue weighted by Crippen LogP contribution is 2.32. The molecule has 0 aliphatic carbocycles. The van der Waals surface area contributed by atoms with Gasteiger partial charge in [0, 0.05) is 37.1 Å². The molecule has 1 fully saturated rings. The molecule has 1 aromatic rings. The zero-order chi connectivity index (χ0) is 18.7. The van der Waals surface area contributed by atoms with E-state index >= 15 is 0 Å². The molecule has 0 bridgehead atoms. The molecule has 9 nitrogen and oxygen atoms in total. The zero-order valence-electron chi connectivity index (χ0n) is 14.0. The molecule has 1 N–H and O–H groups in total. The number of carboxylic acid groups (broad SMARTS) is 1. The van der Waals surface area contributed by atoms with Crippen LogP contribution in [0.25, 0.3) is 0 Å². The molecular weight excluding hydrogens is 364 g/mol. The van der Waals surface area contributed by atoms with Crippen LogP contribution in [0.4, 0.5) is 0 Å². The van der Waals surface area contributed by atoms with Crippen LogP contribution in [0.2, 0.25) is 0 Å². The number of fused-ring (bicyclic) bond motifs is 1. The van der Waals surface area contributed by atoms with Gasteiger partial charge in [0.25, 0.3) is 5.91 Å². The van der Waals surface area contributed by atoms with Crippen LogP contribution < -0.4 is 19.9 Å². The highest BCUT2D eigenvalue weighted by molar-refractivity contribution is 7.89. The van der Waals surface area contributed by atoms with E-state index in [0.717, 1.165) is 0 Å². The molecular formula is C16H19N2O7S-. The molecule has 2 heterocycles. The van der Waals surface area contributed by atoms with Gasteiger partial charge in [-0.1, -0.05) is 0 Å². The first-order chi connectivity index (χ1) is 12.4. The fraction of sp³-hybridized carbons (Fsp3) is 0.500. The molecule has 142 valence electrons. The highest BCUT2D eigenvalue weighted by Gasteiger charge is 2.28. The van der Waals surface area contributed by atoms with E-state index in [0.29, 0.717) is 17.1 Å². The number of ether oxygens (including phenoxy) is 2. The first-order valence-corrected chi connectivity index (χ1v) is 9.84. The van der Waals surface area contributed by atoms with Crippen LogP contribution in [0.3, 0.4) is 0 Å². The number of aliphatic carboxylic acids is 1. The van der Waals surface area contributed by atoms with E-state index in [1.165, 1.54) is 10.4 Å². The summed E-state index contributed by atoms with van der Waals surface area (Å²) >= 11 is 0. The Kier molecular flexibility index (Phi) is 5.33. The molecule has 26 heavy (non-hydrogen) atoms. The van der Waals surface area contributed by atoms with Gasteiger partial charge in [-0.25, -0.2) is 12.7 Å². The van der Waals surface area contributed by atoms with Crippen LogP contribution in [-0.2, 0) is 14.8 Å². The van der Waals surface area contributed by atoms with Gasteiger partial charge in [0.1, 0.15) is 0 Å². The summed E-state index contributed by atoms with van der Waals surface area (Å²) < 4.78 is 36.3. The topological polar surface area (TPSA) is 125 Å². The minimum absolute atomic E-state index is 0.0456. The Hall–Kier alpha value is -2.33. The third-order valence-electron chi connectivity index (χ3n) is 4.46. The van der Waals surface area contributed by atoms with E-state index in [4.69, 9.17) is 9.47 Å². The third kappa shape index (κ3) is 4.07. The second-order valence-electron chi connectivity index (χ2n) is 6.13. The van der Waals surface area contributed by atoms with Crippen molar-refractivity contribution in [2.45, 2.75) is 12.8 Å². The van der Waals surface area contributed by atoms with Gasteiger partial charge >= 0.3 is 0 Å². The number of rotatable bonds is 6. The SMILES string of the molecule is O=C(NCCS(=O)(=O)N1CCC(C(=O)[O-])CC1)c1ccc2c(c1)OCO2. The Labute approximate surface area is 150 Å². The summed E-state index contributed by atoms with van der Waals surface area (Å²) in [5, 5.41) is 13.4. The lowest BCUT2D eigenvalue weighted by atomic mass is 9.99. The van der Waals surface area contributed by atoms with Crippen molar-refractivity contribution in [3.8, 4) is 11.5 Å². The number of benzene rings is 1. The van der Waals surface area contributed by atoms with Crippen molar-refractivity contribution >= 4 is 21.9 Å². The molecule has 3 rings (SSSR count). The van der Waals surface area contributed by atoms with Gasteiger partial charge in [-0.05, 0) is 31.0 Å². The summed E-state index contributed by atoms with van der Waals surface area (Å²) in [4.78, 5) is 23.0. The van der Waals surface area contributed by atoms with E-state index in [2.05, 4.69) is 5.32 Å². The van der Waals surface area contributed by atoms with Gasteiger partial charge in [-0.2, -0.15) is 0 Å². The van der Waals surface area contributed by atoms with Gasteiger partial charge in [-0.3, -0.25) is 4.79 Å². The predicted octanol–water partition coefficient (Wildman–Crippen LogP) is -1.06. The van der Waals surface area contributed by atoms with Gasteiger partial charge in [0.05, 0.1) is 5.75 Å². The van der Waals surface area contributed by atoms with Crippen LogP contribution in [0, 0.1) is 5.92 Å². The van der Waals surface area contributed by atoms with Crippen molar-refractivity contribution < 1.29 is 32.6 Å². The summed E-state index contributed by atoms with van der Waals surface area (Å²) in [6, 6.07) is 4.73. The van der Waals surface area contributed by atoms with Crippen molar-refractivity contribution in [3.63, 3.8) is 0 Å². The summed E-state index contributed by atoms with van der Waals surface area (Å²) in [6.45, 7) is 0.359. The van der Waals surface area contributed by atoms with Crippen molar-refractivity contribution in [3.05, 3.63) is 23.8 Å². The third-order valence-corrected chi connectivity index (χ3v) is 6.33.